The molecule has 1 aliphatic rings. The monoisotopic (exact) mass is 305 g/mol. The van der Waals surface area contributed by atoms with E-state index in [9.17, 15) is 4.39 Å². The average molecular weight is 306 g/mol. The van der Waals surface area contributed by atoms with Gasteiger partial charge in [0.25, 0.3) is 0 Å². The zero-order chi connectivity index (χ0) is 14.8. The Morgan fingerprint density at radius 2 is 2.10 bits per heavy atom. The molecular formula is C17H17ClFNO. The highest BCUT2D eigenvalue weighted by Gasteiger charge is 2.28. The first-order valence-corrected chi connectivity index (χ1v) is 7.50. The first-order chi connectivity index (χ1) is 10.2. The molecule has 2 aromatic carbocycles. The molecule has 0 aromatic heterocycles. The van der Waals surface area contributed by atoms with E-state index >= 15 is 0 Å². The molecule has 1 aliphatic heterocycles. The molecule has 3 rings (SSSR count). The summed E-state index contributed by atoms with van der Waals surface area (Å²) in [5.74, 6) is 0.514. The van der Waals surface area contributed by atoms with Gasteiger partial charge in [0.15, 0.2) is 0 Å². The van der Waals surface area contributed by atoms with Crippen LogP contribution in [-0.4, -0.2) is 6.54 Å². The molecule has 21 heavy (non-hydrogen) atoms. The smallest absolute Gasteiger partial charge is 0.126 e. The van der Waals surface area contributed by atoms with Crippen LogP contribution in [0.4, 0.5) is 4.39 Å². The van der Waals surface area contributed by atoms with Gasteiger partial charge >= 0.3 is 0 Å². The third-order valence-electron chi connectivity index (χ3n) is 3.72. The van der Waals surface area contributed by atoms with Gasteiger partial charge < -0.3 is 10.1 Å². The molecular weight excluding hydrogens is 289 g/mol. The van der Waals surface area contributed by atoms with Crippen molar-refractivity contribution in [1.29, 1.82) is 0 Å². The van der Waals surface area contributed by atoms with Crippen molar-refractivity contribution < 1.29 is 9.13 Å². The molecule has 110 valence electrons. The van der Waals surface area contributed by atoms with Crippen LogP contribution >= 0.6 is 11.6 Å². The van der Waals surface area contributed by atoms with Gasteiger partial charge in [-0.05, 0) is 36.4 Å². The van der Waals surface area contributed by atoms with Crippen LogP contribution in [0.5, 0.6) is 5.75 Å². The van der Waals surface area contributed by atoms with Crippen LogP contribution in [0.2, 0.25) is 5.02 Å². The molecule has 1 N–H and O–H groups in total. The van der Waals surface area contributed by atoms with Crippen LogP contribution in [0, 0.1) is 5.82 Å². The lowest BCUT2D eigenvalue weighted by Gasteiger charge is -2.33. The van der Waals surface area contributed by atoms with Crippen molar-refractivity contribution in [2.75, 3.05) is 6.54 Å². The van der Waals surface area contributed by atoms with E-state index in [-0.39, 0.29) is 18.0 Å². The first-order valence-electron chi connectivity index (χ1n) is 7.12. The Labute approximate surface area is 128 Å². The minimum atomic E-state index is -0.333. The second-order valence-electron chi connectivity index (χ2n) is 5.19. The maximum absolute atomic E-state index is 13.6. The number of hydrogen-bond donors (Lipinski definition) is 1. The van der Waals surface area contributed by atoms with Crippen LogP contribution in [-0.2, 0) is 0 Å². The number of para-hydroxylation sites is 1. The fourth-order valence-electron chi connectivity index (χ4n) is 2.82. The largest absolute Gasteiger partial charge is 0.485 e. The van der Waals surface area contributed by atoms with E-state index < -0.39 is 0 Å². The lowest BCUT2D eigenvalue weighted by atomic mass is 9.93. The second-order valence-corrected chi connectivity index (χ2v) is 5.63. The minimum absolute atomic E-state index is 0.197. The molecule has 0 aliphatic carbocycles. The van der Waals surface area contributed by atoms with Gasteiger partial charge in [0, 0.05) is 23.0 Å². The molecule has 4 heteroatoms. The molecule has 0 fully saturated rings. The van der Waals surface area contributed by atoms with Crippen molar-refractivity contribution >= 4 is 11.6 Å². The third kappa shape index (κ3) is 3.04. The Morgan fingerprint density at radius 3 is 2.86 bits per heavy atom. The maximum atomic E-state index is 13.6. The lowest BCUT2D eigenvalue weighted by molar-refractivity contribution is 0.152. The fraction of sp³-hybridized carbons (Fsp3) is 0.294. The molecule has 1 heterocycles. The Morgan fingerprint density at radius 1 is 1.29 bits per heavy atom. The van der Waals surface area contributed by atoms with Crippen molar-refractivity contribution in [2.24, 2.45) is 0 Å². The summed E-state index contributed by atoms with van der Waals surface area (Å²) >= 11 is 5.96. The number of rotatable bonds is 3. The van der Waals surface area contributed by atoms with E-state index in [1.54, 1.807) is 6.07 Å². The predicted octanol–water partition coefficient (Wildman–Crippen LogP) is 4.65. The Kier molecular flexibility index (Phi) is 4.13. The first kappa shape index (κ1) is 14.4. The van der Waals surface area contributed by atoms with Gasteiger partial charge in [0.2, 0.25) is 0 Å². The van der Waals surface area contributed by atoms with Gasteiger partial charge in [-0.15, -0.1) is 0 Å². The number of halogens is 2. The number of hydrogen-bond acceptors (Lipinski definition) is 2. The van der Waals surface area contributed by atoms with E-state index in [0.717, 1.165) is 29.8 Å². The zero-order valence-corrected chi connectivity index (χ0v) is 12.5. The highest BCUT2D eigenvalue weighted by Crippen LogP contribution is 2.41. The fourth-order valence-corrected chi connectivity index (χ4v) is 3.05. The van der Waals surface area contributed by atoms with Crippen LogP contribution < -0.4 is 10.1 Å². The Balaban J connectivity index is 1.95. The summed E-state index contributed by atoms with van der Waals surface area (Å²) in [5.41, 5.74) is 1.93. The van der Waals surface area contributed by atoms with Crippen LogP contribution in [0.25, 0.3) is 0 Å². The zero-order valence-electron chi connectivity index (χ0n) is 11.8. The molecule has 0 bridgehead atoms. The number of benzene rings is 2. The molecule has 0 saturated carbocycles. The van der Waals surface area contributed by atoms with Crippen molar-refractivity contribution in [3.05, 3.63) is 64.4 Å². The van der Waals surface area contributed by atoms with Gasteiger partial charge in [0.1, 0.15) is 17.7 Å². The molecule has 0 amide bonds. The summed E-state index contributed by atoms with van der Waals surface area (Å²) in [5, 5.41) is 3.86. The SMILES string of the molecule is CCNC1CC(c2cc(F)cc(Cl)c2)Oc2ccccc21. The summed E-state index contributed by atoms with van der Waals surface area (Å²) in [6.07, 6.45) is 0.558. The summed E-state index contributed by atoms with van der Waals surface area (Å²) in [7, 11) is 0. The van der Waals surface area contributed by atoms with Crippen molar-refractivity contribution in [2.45, 2.75) is 25.5 Å². The summed E-state index contributed by atoms with van der Waals surface area (Å²) in [6, 6.07) is 12.7. The summed E-state index contributed by atoms with van der Waals surface area (Å²) in [6.45, 7) is 2.95. The third-order valence-corrected chi connectivity index (χ3v) is 3.94. The van der Waals surface area contributed by atoms with Crippen LogP contribution in [0.15, 0.2) is 42.5 Å². The van der Waals surface area contributed by atoms with Crippen molar-refractivity contribution in [3.63, 3.8) is 0 Å². The van der Waals surface area contributed by atoms with Crippen molar-refractivity contribution in [1.82, 2.24) is 5.32 Å². The highest BCUT2D eigenvalue weighted by atomic mass is 35.5. The molecule has 2 aromatic rings. The van der Waals surface area contributed by atoms with Crippen molar-refractivity contribution in [3.8, 4) is 5.75 Å². The van der Waals surface area contributed by atoms with E-state index in [0.29, 0.717) is 5.02 Å². The predicted molar refractivity (Wildman–Crippen MR) is 82.3 cm³/mol. The molecule has 0 spiro atoms. The average Bonchev–Trinajstić information content (AvgIpc) is 2.46. The molecule has 0 radical (unpaired) electrons. The van der Waals surface area contributed by atoms with E-state index in [1.165, 1.54) is 12.1 Å². The molecule has 2 atom stereocenters. The Bertz CT molecular complexity index is 626. The van der Waals surface area contributed by atoms with E-state index in [1.807, 2.05) is 18.2 Å². The highest BCUT2D eigenvalue weighted by molar-refractivity contribution is 6.30. The molecule has 2 unspecified atom stereocenters. The van der Waals surface area contributed by atoms with E-state index in [2.05, 4.69) is 18.3 Å². The number of nitrogens with one attached hydrogen (secondary N) is 1. The van der Waals surface area contributed by atoms with Gasteiger partial charge in [0.05, 0.1) is 0 Å². The Hall–Kier alpha value is -1.58. The minimum Gasteiger partial charge on any atom is -0.485 e. The normalized spacial score (nSPS) is 20.7. The van der Waals surface area contributed by atoms with Crippen LogP contribution in [0.1, 0.15) is 36.6 Å². The summed E-state index contributed by atoms with van der Waals surface area (Å²) in [4.78, 5) is 0. The van der Waals surface area contributed by atoms with E-state index in [4.69, 9.17) is 16.3 Å². The lowest BCUT2D eigenvalue weighted by Crippen LogP contribution is -2.29. The standard InChI is InChI=1S/C17H17ClFNO/c1-2-20-15-10-17(11-7-12(18)9-13(19)8-11)21-16-6-4-3-5-14(15)16/h3-9,15,17,20H,2,10H2,1H3. The molecule has 2 nitrogen and oxygen atoms in total. The molecule has 0 saturated heterocycles. The van der Waals surface area contributed by atoms with Gasteiger partial charge in [-0.3, -0.25) is 0 Å². The quantitative estimate of drug-likeness (QED) is 0.891. The summed E-state index contributed by atoms with van der Waals surface area (Å²) < 4.78 is 19.6. The maximum Gasteiger partial charge on any atom is 0.126 e. The van der Waals surface area contributed by atoms with Crippen LogP contribution in [0.3, 0.4) is 0 Å². The topological polar surface area (TPSA) is 21.3 Å². The number of ether oxygens (including phenoxy) is 1. The van der Waals surface area contributed by atoms with Gasteiger partial charge in [-0.2, -0.15) is 0 Å². The number of fused-ring (bicyclic) bond motifs is 1. The second kappa shape index (κ2) is 6.04. The van der Waals surface area contributed by atoms with Gasteiger partial charge in [-0.25, -0.2) is 4.39 Å². The van der Waals surface area contributed by atoms with Gasteiger partial charge in [-0.1, -0.05) is 36.7 Å².